The van der Waals surface area contributed by atoms with Crippen LogP contribution in [0.2, 0.25) is 0 Å². The van der Waals surface area contributed by atoms with E-state index in [1.807, 2.05) is 36.1 Å². The van der Waals surface area contributed by atoms with E-state index < -0.39 is 0 Å². The van der Waals surface area contributed by atoms with E-state index in [2.05, 4.69) is 11.9 Å². The monoisotopic (exact) mass is 346 g/mol. The molecule has 0 saturated carbocycles. The Morgan fingerprint density at radius 2 is 2.04 bits per heavy atom. The fourth-order valence-electron chi connectivity index (χ4n) is 4.31. The number of rotatable bonds is 5. The number of hydrogen-bond donors (Lipinski definition) is 0. The van der Waals surface area contributed by atoms with Crippen molar-refractivity contribution < 1.29 is 14.3 Å². The number of methoxy groups -OCH3 is 1. The maximum Gasteiger partial charge on any atom is 0.253 e. The van der Waals surface area contributed by atoms with Gasteiger partial charge in [0.2, 0.25) is 0 Å². The summed E-state index contributed by atoms with van der Waals surface area (Å²) in [5, 5.41) is 0. The fraction of sp³-hybridized carbons (Fsp3) is 0.650. The largest absolute Gasteiger partial charge is 0.497 e. The number of piperidine rings is 1. The van der Waals surface area contributed by atoms with Gasteiger partial charge in [-0.2, -0.15) is 0 Å². The Kier molecular flexibility index (Phi) is 5.64. The molecule has 25 heavy (non-hydrogen) atoms. The summed E-state index contributed by atoms with van der Waals surface area (Å²) in [5.74, 6) is 0.842. The normalized spacial score (nSPS) is 23.2. The number of ether oxygens (including phenoxy) is 2. The Labute approximate surface area is 150 Å². The highest BCUT2D eigenvalue weighted by atomic mass is 16.5. The average molecular weight is 346 g/mol. The maximum absolute atomic E-state index is 12.8. The predicted octanol–water partition coefficient (Wildman–Crippen LogP) is 2.80. The van der Waals surface area contributed by atoms with Gasteiger partial charge in [0, 0.05) is 36.8 Å². The predicted molar refractivity (Wildman–Crippen MR) is 98.1 cm³/mol. The number of benzene rings is 1. The van der Waals surface area contributed by atoms with Crippen molar-refractivity contribution in [2.24, 2.45) is 0 Å². The second-order valence-electron chi connectivity index (χ2n) is 7.21. The summed E-state index contributed by atoms with van der Waals surface area (Å²) < 4.78 is 10.9. The van der Waals surface area contributed by atoms with Gasteiger partial charge >= 0.3 is 0 Å². The quantitative estimate of drug-likeness (QED) is 0.822. The molecule has 2 fully saturated rings. The number of carbonyl (C=O) groups excluding carboxylic acids is 1. The summed E-state index contributed by atoms with van der Waals surface area (Å²) in [4.78, 5) is 17.3. The number of nitrogens with zero attached hydrogens (tertiary/aromatic N) is 2. The second-order valence-corrected chi connectivity index (χ2v) is 7.21. The first kappa shape index (κ1) is 18.2. The zero-order valence-electron chi connectivity index (χ0n) is 15.7. The lowest BCUT2D eigenvalue weighted by molar-refractivity contribution is 0.0211. The molecule has 0 aliphatic carbocycles. The second kappa shape index (κ2) is 7.75. The summed E-state index contributed by atoms with van der Waals surface area (Å²) in [5.41, 5.74) is 0.955. The van der Waals surface area contributed by atoms with Crippen molar-refractivity contribution in [1.82, 2.24) is 9.80 Å². The van der Waals surface area contributed by atoms with Crippen LogP contribution in [0, 0.1) is 0 Å². The molecule has 1 aromatic rings. The highest BCUT2D eigenvalue weighted by molar-refractivity contribution is 5.94. The summed E-state index contributed by atoms with van der Waals surface area (Å²) in [6.45, 7) is 5.29. The molecule has 0 bridgehead atoms. The first-order valence-electron chi connectivity index (χ1n) is 9.33. The van der Waals surface area contributed by atoms with E-state index in [4.69, 9.17) is 9.47 Å². The minimum Gasteiger partial charge on any atom is -0.497 e. The van der Waals surface area contributed by atoms with E-state index >= 15 is 0 Å². The maximum atomic E-state index is 12.8. The summed E-state index contributed by atoms with van der Waals surface area (Å²) in [7, 11) is 3.86. The van der Waals surface area contributed by atoms with Gasteiger partial charge in [0.25, 0.3) is 5.91 Å². The van der Waals surface area contributed by atoms with Crippen LogP contribution in [0.1, 0.15) is 43.0 Å². The minimum absolute atomic E-state index is 0.111. The van der Waals surface area contributed by atoms with Gasteiger partial charge in [-0.1, -0.05) is 6.07 Å². The van der Waals surface area contributed by atoms with Crippen molar-refractivity contribution in [3.63, 3.8) is 0 Å². The van der Waals surface area contributed by atoms with Gasteiger partial charge in [-0.25, -0.2) is 0 Å². The molecule has 5 heteroatoms. The van der Waals surface area contributed by atoms with E-state index in [0.717, 1.165) is 44.9 Å². The third kappa shape index (κ3) is 3.67. The molecule has 3 rings (SSSR count). The van der Waals surface area contributed by atoms with Crippen LogP contribution in [-0.4, -0.2) is 67.7 Å². The molecule has 1 spiro atoms. The fourth-order valence-corrected chi connectivity index (χ4v) is 4.31. The molecule has 0 aromatic heterocycles. The van der Waals surface area contributed by atoms with Crippen LogP contribution in [0.3, 0.4) is 0 Å². The molecule has 1 unspecified atom stereocenters. The lowest BCUT2D eigenvalue weighted by Crippen LogP contribution is -2.54. The van der Waals surface area contributed by atoms with Gasteiger partial charge in [-0.15, -0.1) is 0 Å². The molecular formula is C20H30N2O3. The van der Waals surface area contributed by atoms with Gasteiger partial charge in [-0.05, 0) is 57.9 Å². The lowest BCUT2D eigenvalue weighted by atomic mass is 9.85. The number of hydrogen-bond acceptors (Lipinski definition) is 4. The topological polar surface area (TPSA) is 42.0 Å². The van der Waals surface area contributed by atoms with Crippen molar-refractivity contribution in [3.05, 3.63) is 29.8 Å². The lowest BCUT2D eigenvalue weighted by Gasteiger charge is -2.45. The third-order valence-corrected chi connectivity index (χ3v) is 6.05. The van der Waals surface area contributed by atoms with E-state index in [0.29, 0.717) is 11.6 Å². The number of likely N-dealkylation sites (N-methyl/N-ethyl adjacent to an activating group) is 1. The van der Waals surface area contributed by atoms with Crippen molar-refractivity contribution in [3.8, 4) is 5.75 Å². The van der Waals surface area contributed by atoms with Crippen LogP contribution in [-0.2, 0) is 4.74 Å². The Bertz CT molecular complexity index is 596. The highest BCUT2D eigenvalue weighted by Crippen LogP contribution is 2.40. The Hall–Kier alpha value is -1.59. The van der Waals surface area contributed by atoms with Crippen LogP contribution in [0.5, 0.6) is 5.75 Å². The molecule has 0 N–H and O–H groups in total. The zero-order valence-corrected chi connectivity index (χ0v) is 15.7. The molecular weight excluding hydrogens is 316 g/mol. The van der Waals surface area contributed by atoms with Crippen LogP contribution in [0.15, 0.2) is 24.3 Å². The molecule has 5 nitrogen and oxygen atoms in total. The Morgan fingerprint density at radius 1 is 1.28 bits per heavy atom. The third-order valence-electron chi connectivity index (χ3n) is 6.05. The van der Waals surface area contributed by atoms with Crippen LogP contribution in [0.4, 0.5) is 0 Å². The summed E-state index contributed by atoms with van der Waals surface area (Å²) >= 11 is 0. The molecule has 2 heterocycles. The van der Waals surface area contributed by atoms with E-state index in [9.17, 15) is 4.79 Å². The Balaban J connectivity index is 1.61. The minimum atomic E-state index is 0.111. The van der Waals surface area contributed by atoms with E-state index in [1.165, 1.54) is 12.8 Å². The van der Waals surface area contributed by atoms with Crippen LogP contribution in [0.25, 0.3) is 0 Å². The van der Waals surface area contributed by atoms with E-state index in [-0.39, 0.29) is 11.4 Å². The van der Waals surface area contributed by atoms with Gasteiger partial charge in [0.15, 0.2) is 0 Å². The summed E-state index contributed by atoms with van der Waals surface area (Å²) in [6.07, 6.45) is 4.49. The van der Waals surface area contributed by atoms with E-state index in [1.54, 1.807) is 7.11 Å². The molecule has 1 amide bonds. The summed E-state index contributed by atoms with van der Waals surface area (Å²) in [6, 6.07) is 7.96. The molecule has 2 aliphatic rings. The number of carbonyl (C=O) groups is 1. The number of likely N-dealkylation sites (tertiary alicyclic amines) is 2. The van der Waals surface area contributed by atoms with Crippen LogP contribution >= 0.6 is 0 Å². The van der Waals surface area contributed by atoms with Crippen molar-refractivity contribution in [2.45, 2.75) is 44.2 Å². The van der Waals surface area contributed by atoms with Crippen molar-refractivity contribution in [1.29, 1.82) is 0 Å². The first-order chi connectivity index (χ1) is 12.1. The molecule has 0 radical (unpaired) electrons. The SMILES string of the molecule is CCOCC1CCC2(CCN(C(=O)c3cccc(OC)c3)CC2)N1C. The Morgan fingerprint density at radius 3 is 2.72 bits per heavy atom. The molecule has 138 valence electrons. The standard InChI is InChI=1S/C20H30N2O3/c1-4-25-15-17-8-9-20(21(17)2)10-12-22(13-11-20)19(23)16-6-5-7-18(14-16)24-3/h5-7,14,17H,4,8-13,15H2,1-3H3. The van der Waals surface area contributed by atoms with Gasteiger partial charge < -0.3 is 14.4 Å². The molecule has 1 atom stereocenters. The highest BCUT2D eigenvalue weighted by Gasteiger charge is 2.46. The van der Waals surface area contributed by atoms with Gasteiger partial charge in [0.1, 0.15) is 5.75 Å². The van der Waals surface area contributed by atoms with Gasteiger partial charge in [0.05, 0.1) is 13.7 Å². The van der Waals surface area contributed by atoms with Crippen LogP contribution < -0.4 is 4.74 Å². The van der Waals surface area contributed by atoms with Crippen molar-refractivity contribution in [2.75, 3.05) is 40.5 Å². The average Bonchev–Trinajstić information content (AvgIpc) is 2.96. The zero-order chi connectivity index (χ0) is 17.9. The molecule has 2 aliphatic heterocycles. The number of amides is 1. The molecule has 1 aromatic carbocycles. The smallest absolute Gasteiger partial charge is 0.253 e. The first-order valence-corrected chi connectivity index (χ1v) is 9.33. The van der Waals surface area contributed by atoms with Crippen molar-refractivity contribution >= 4 is 5.91 Å². The van der Waals surface area contributed by atoms with Gasteiger partial charge in [-0.3, -0.25) is 9.69 Å². The molecule has 2 saturated heterocycles.